The standard InChI is InChI=1S/C13H16N2O3/c1-8-4-5-12(11(6-8)9(2)16)17-7-13-14-10(3)18-15-13/h4-6,9,16H,7H2,1-3H3. The van der Waals surface area contributed by atoms with Gasteiger partial charge in [-0.25, -0.2) is 0 Å². The van der Waals surface area contributed by atoms with E-state index < -0.39 is 6.10 Å². The number of hydrogen-bond donors (Lipinski definition) is 1. The Morgan fingerprint density at radius 3 is 2.78 bits per heavy atom. The Bertz CT molecular complexity index is 535. The second-order valence-electron chi connectivity index (χ2n) is 4.24. The third-order valence-electron chi connectivity index (χ3n) is 2.54. The molecule has 5 nitrogen and oxygen atoms in total. The molecule has 1 N–H and O–H groups in total. The van der Waals surface area contributed by atoms with Crippen molar-refractivity contribution >= 4 is 0 Å². The number of benzene rings is 1. The zero-order chi connectivity index (χ0) is 13.1. The van der Waals surface area contributed by atoms with Gasteiger partial charge in [-0.05, 0) is 26.0 Å². The molecule has 1 heterocycles. The van der Waals surface area contributed by atoms with Crippen LogP contribution < -0.4 is 4.74 Å². The Hall–Kier alpha value is -1.88. The molecule has 0 radical (unpaired) electrons. The molecule has 1 aromatic heterocycles. The van der Waals surface area contributed by atoms with Crippen LogP contribution in [-0.2, 0) is 6.61 Å². The van der Waals surface area contributed by atoms with E-state index in [1.54, 1.807) is 13.8 Å². The molecule has 2 rings (SSSR count). The van der Waals surface area contributed by atoms with Crippen molar-refractivity contribution in [3.05, 3.63) is 41.0 Å². The molecule has 2 aromatic rings. The highest BCUT2D eigenvalue weighted by molar-refractivity contribution is 5.38. The highest BCUT2D eigenvalue weighted by Gasteiger charge is 2.11. The average Bonchev–Trinajstić information content (AvgIpc) is 2.73. The summed E-state index contributed by atoms with van der Waals surface area (Å²) in [6.45, 7) is 5.63. The number of ether oxygens (including phenoxy) is 1. The van der Waals surface area contributed by atoms with Gasteiger partial charge < -0.3 is 14.4 Å². The van der Waals surface area contributed by atoms with Gasteiger partial charge in [-0.1, -0.05) is 16.8 Å². The van der Waals surface area contributed by atoms with Crippen LogP contribution in [0.5, 0.6) is 5.75 Å². The van der Waals surface area contributed by atoms with Crippen LogP contribution in [0.15, 0.2) is 22.7 Å². The third kappa shape index (κ3) is 2.87. The smallest absolute Gasteiger partial charge is 0.223 e. The number of rotatable bonds is 4. The van der Waals surface area contributed by atoms with Gasteiger partial charge in [0.2, 0.25) is 11.7 Å². The molecule has 96 valence electrons. The summed E-state index contributed by atoms with van der Waals surface area (Å²) in [5.74, 6) is 1.64. The van der Waals surface area contributed by atoms with E-state index in [0.29, 0.717) is 17.5 Å². The number of aromatic nitrogens is 2. The molecule has 0 aliphatic rings. The summed E-state index contributed by atoms with van der Waals surface area (Å²) in [7, 11) is 0. The summed E-state index contributed by atoms with van der Waals surface area (Å²) in [5, 5.41) is 13.4. The van der Waals surface area contributed by atoms with Gasteiger partial charge in [-0.15, -0.1) is 0 Å². The molecule has 0 aliphatic carbocycles. The number of aliphatic hydroxyl groups is 1. The normalized spacial score (nSPS) is 12.4. The van der Waals surface area contributed by atoms with Gasteiger partial charge in [-0.2, -0.15) is 4.98 Å². The third-order valence-corrected chi connectivity index (χ3v) is 2.54. The average molecular weight is 248 g/mol. The largest absolute Gasteiger partial charge is 0.485 e. The van der Waals surface area contributed by atoms with Crippen molar-refractivity contribution in [1.29, 1.82) is 0 Å². The maximum atomic E-state index is 9.70. The Balaban J connectivity index is 2.13. The topological polar surface area (TPSA) is 68.4 Å². The molecule has 0 fully saturated rings. The van der Waals surface area contributed by atoms with Gasteiger partial charge in [0.05, 0.1) is 6.10 Å². The summed E-state index contributed by atoms with van der Waals surface area (Å²) >= 11 is 0. The number of aryl methyl sites for hydroxylation is 2. The van der Waals surface area contributed by atoms with Gasteiger partial charge in [-0.3, -0.25) is 0 Å². The zero-order valence-electron chi connectivity index (χ0n) is 10.7. The van der Waals surface area contributed by atoms with Crippen LogP contribution in [0.2, 0.25) is 0 Å². The Morgan fingerprint density at radius 2 is 2.17 bits per heavy atom. The van der Waals surface area contributed by atoms with Crippen LogP contribution in [0.1, 0.15) is 35.9 Å². The molecule has 0 spiro atoms. The van der Waals surface area contributed by atoms with E-state index >= 15 is 0 Å². The predicted molar refractivity (Wildman–Crippen MR) is 65.2 cm³/mol. The molecular weight excluding hydrogens is 232 g/mol. The second kappa shape index (κ2) is 5.18. The monoisotopic (exact) mass is 248 g/mol. The first-order valence-electron chi connectivity index (χ1n) is 5.77. The second-order valence-corrected chi connectivity index (χ2v) is 4.24. The van der Waals surface area contributed by atoms with Crippen LogP contribution in [0.4, 0.5) is 0 Å². The van der Waals surface area contributed by atoms with Crippen LogP contribution in [-0.4, -0.2) is 15.2 Å². The van der Waals surface area contributed by atoms with Crippen molar-refractivity contribution in [2.45, 2.75) is 33.5 Å². The molecule has 0 amide bonds. The fourth-order valence-electron chi connectivity index (χ4n) is 1.67. The summed E-state index contributed by atoms with van der Waals surface area (Å²) in [6, 6.07) is 5.68. The summed E-state index contributed by atoms with van der Waals surface area (Å²) in [5.41, 5.74) is 1.84. The molecular formula is C13H16N2O3. The van der Waals surface area contributed by atoms with Crippen LogP contribution in [0.25, 0.3) is 0 Å². The van der Waals surface area contributed by atoms with Crippen molar-refractivity contribution in [2.75, 3.05) is 0 Å². The van der Waals surface area contributed by atoms with Crippen molar-refractivity contribution in [3.63, 3.8) is 0 Å². The first-order valence-corrected chi connectivity index (χ1v) is 5.77. The van der Waals surface area contributed by atoms with Crippen molar-refractivity contribution < 1.29 is 14.4 Å². The lowest BCUT2D eigenvalue weighted by atomic mass is 10.1. The fourth-order valence-corrected chi connectivity index (χ4v) is 1.67. The first-order chi connectivity index (χ1) is 8.56. The number of nitrogens with zero attached hydrogens (tertiary/aromatic N) is 2. The molecule has 18 heavy (non-hydrogen) atoms. The van der Waals surface area contributed by atoms with Gasteiger partial charge in [0.15, 0.2) is 6.61 Å². The summed E-state index contributed by atoms with van der Waals surface area (Å²) in [4.78, 5) is 4.05. The van der Waals surface area contributed by atoms with Crippen molar-refractivity contribution in [1.82, 2.24) is 10.1 Å². The lowest BCUT2D eigenvalue weighted by Crippen LogP contribution is -2.02. The zero-order valence-corrected chi connectivity index (χ0v) is 10.7. The molecule has 5 heteroatoms. The van der Waals surface area contributed by atoms with Crippen LogP contribution in [0.3, 0.4) is 0 Å². The van der Waals surface area contributed by atoms with E-state index in [0.717, 1.165) is 11.1 Å². The minimum atomic E-state index is -0.577. The maximum absolute atomic E-state index is 9.70. The Morgan fingerprint density at radius 1 is 1.39 bits per heavy atom. The Kier molecular flexibility index (Phi) is 3.62. The molecule has 1 aromatic carbocycles. The maximum Gasteiger partial charge on any atom is 0.223 e. The lowest BCUT2D eigenvalue weighted by Gasteiger charge is -2.13. The number of aliphatic hydroxyl groups excluding tert-OH is 1. The Labute approximate surface area is 105 Å². The molecule has 0 aliphatic heterocycles. The quantitative estimate of drug-likeness (QED) is 0.899. The first kappa shape index (κ1) is 12.6. The molecule has 0 bridgehead atoms. The lowest BCUT2D eigenvalue weighted by molar-refractivity contribution is 0.189. The van der Waals surface area contributed by atoms with Crippen LogP contribution >= 0.6 is 0 Å². The number of hydrogen-bond acceptors (Lipinski definition) is 5. The van der Waals surface area contributed by atoms with E-state index in [2.05, 4.69) is 10.1 Å². The highest BCUT2D eigenvalue weighted by Crippen LogP contribution is 2.26. The minimum Gasteiger partial charge on any atom is -0.485 e. The van der Waals surface area contributed by atoms with Gasteiger partial charge >= 0.3 is 0 Å². The molecule has 0 saturated carbocycles. The van der Waals surface area contributed by atoms with Gasteiger partial charge in [0, 0.05) is 12.5 Å². The van der Waals surface area contributed by atoms with Gasteiger partial charge in [0.25, 0.3) is 0 Å². The van der Waals surface area contributed by atoms with E-state index in [4.69, 9.17) is 9.26 Å². The van der Waals surface area contributed by atoms with E-state index in [1.807, 2.05) is 25.1 Å². The van der Waals surface area contributed by atoms with Gasteiger partial charge in [0.1, 0.15) is 5.75 Å². The molecule has 0 saturated heterocycles. The summed E-state index contributed by atoms with van der Waals surface area (Å²) < 4.78 is 10.5. The van der Waals surface area contributed by atoms with Crippen LogP contribution in [0, 0.1) is 13.8 Å². The van der Waals surface area contributed by atoms with Crippen molar-refractivity contribution in [3.8, 4) is 5.75 Å². The molecule has 1 unspecified atom stereocenters. The fraction of sp³-hybridized carbons (Fsp3) is 0.385. The predicted octanol–water partition coefficient (Wildman–Crippen LogP) is 2.32. The van der Waals surface area contributed by atoms with E-state index in [1.165, 1.54) is 0 Å². The van der Waals surface area contributed by atoms with E-state index in [-0.39, 0.29) is 6.61 Å². The minimum absolute atomic E-state index is 0.222. The summed E-state index contributed by atoms with van der Waals surface area (Å²) in [6.07, 6.45) is -0.577. The highest BCUT2D eigenvalue weighted by atomic mass is 16.5. The van der Waals surface area contributed by atoms with E-state index in [9.17, 15) is 5.11 Å². The van der Waals surface area contributed by atoms with Crippen molar-refractivity contribution in [2.24, 2.45) is 0 Å². The molecule has 1 atom stereocenters. The SMILES string of the molecule is Cc1ccc(OCc2noc(C)n2)c(C(C)O)c1.